The summed E-state index contributed by atoms with van der Waals surface area (Å²) in [6.07, 6.45) is 0. The van der Waals surface area contributed by atoms with Crippen LogP contribution in [0.3, 0.4) is 0 Å². The molecule has 0 heterocycles. The number of ether oxygens (including phenoxy) is 1. The van der Waals surface area contributed by atoms with Gasteiger partial charge in [-0.1, -0.05) is 37.0 Å². The molecule has 120 valence electrons. The smallest absolute Gasteiger partial charge is 0.258 e. The van der Waals surface area contributed by atoms with E-state index in [0.29, 0.717) is 22.3 Å². The molecule has 4 nitrogen and oxygen atoms in total. The summed E-state index contributed by atoms with van der Waals surface area (Å²) in [5.41, 5.74) is 5.27. The number of carbonyl (C=O) groups is 1. The summed E-state index contributed by atoms with van der Waals surface area (Å²) in [7, 11) is 0. The Bertz CT molecular complexity index is 483. The molecule has 21 heavy (non-hydrogen) atoms. The third-order valence-electron chi connectivity index (χ3n) is 3.38. The summed E-state index contributed by atoms with van der Waals surface area (Å²) in [6, 6.07) is 4.85. The fourth-order valence-corrected chi connectivity index (χ4v) is 1.79. The lowest BCUT2D eigenvalue weighted by atomic mass is 9.88. The highest BCUT2D eigenvalue weighted by atomic mass is 35.5. The fraction of sp³-hybridized carbons (Fsp3) is 0.500. The van der Waals surface area contributed by atoms with Gasteiger partial charge in [-0.3, -0.25) is 4.79 Å². The zero-order chi connectivity index (χ0) is 15.3. The van der Waals surface area contributed by atoms with Crippen molar-refractivity contribution in [2.24, 2.45) is 11.7 Å². The van der Waals surface area contributed by atoms with Crippen LogP contribution in [-0.2, 0) is 4.79 Å². The molecule has 0 aromatic heterocycles. The zero-order valence-corrected chi connectivity index (χ0v) is 14.6. The Morgan fingerprint density at radius 2 is 2.00 bits per heavy atom. The Morgan fingerprint density at radius 1 is 1.38 bits per heavy atom. The zero-order valence-electron chi connectivity index (χ0n) is 12.3. The van der Waals surface area contributed by atoms with Crippen LogP contribution in [-0.4, -0.2) is 24.6 Å². The summed E-state index contributed by atoms with van der Waals surface area (Å²) < 4.78 is 5.38. The number of hydrogen-bond acceptors (Lipinski definition) is 3. The van der Waals surface area contributed by atoms with Crippen LogP contribution in [0.4, 0.5) is 0 Å². The first kappa shape index (κ1) is 20.3. The van der Waals surface area contributed by atoms with E-state index in [2.05, 4.69) is 5.32 Å². The second-order valence-electron chi connectivity index (χ2n) is 5.19. The molecule has 0 saturated heterocycles. The van der Waals surface area contributed by atoms with Crippen LogP contribution >= 0.6 is 35.6 Å². The van der Waals surface area contributed by atoms with Crippen LogP contribution in [0.25, 0.3) is 0 Å². The summed E-state index contributed by atoms with van der Waals surface area (Å²) >= 11 is 11.7. The van der Waals surface area contributed by atoms with E-state index in [1.54, 1.807) is 18.2 Å². The van der Waals surface area contributed by atoms with E-state index in [1.165, 1.54) is 0 Å². The topological polar surface area (TPSA) is 64.3 Å². The predicted molar refractivity (Wildman–Crippen MR) is 89.6 cm³/mol. The lowest BCUT2D eigenvalue weighted by Crippen LogP contribution is -2.56. The minimum absolute atomic E-state index is 0. The van der Waals surface area contributed by atoms with Gasteiger partial charge in [0.1, 0.15) is 5.75 Å². The van der Waals surface area contributed by atoms with Crippen LogP contribution in [0.5, 0.6) is 5.75 Å². The van der Waals surface area contributed by atoms with Gasteiger partial charge in [0.2, 0.25) is 0 Å². The Labute approximate surface area is 141 Å². The number of halogens is 3. The van der Waals surface area contributed by atoms with Crippen molar-refractivity contribution in [3.05, 3.63) is 28.2 Å². The molecule has 0 bridgehead atoms. The van der Waals surface area contributed by atoms with Gasteiger partial charge in [-0.05, 0) is 25.0 Å². The van der Waals surface area contributed by atoms with Crippen LogP contribution in [0.1, 0.15) is 20.8 Å². The standard InChI is InChI=1S/C14H20Cl2N2O2.ClH/c1-9(2)14(3,8-17)18-13(19)7-20-10-4-5-11(15)12(16)6-10;/h4-6,9H,7-8,17H2,1-3H3,(H,18,19);1H. The van der Waals surface area contributed by atoms with E-state index in [0.717, 1.165) is 0 Å². The highest BCUT2D eigenvalue weighted by Gasteiger charge is 2.28. The summed E-state index contributed by atoms with van der Waals surface area (Å²) in [6.45, 7) is 6.19. The van der Waals surface area contributed by atoms with Crippen LogP contribution in [0.2, 0.25) is 10.0 Å². The molecule has 0 fully saturated rings. The normalized spacial score (nSPS) is 13.3. The van der Waals surface area contributed by atoms with E-state index in [1.807, 2.05) is 20.8 Å². The van der Waals surface area contributed by atoms with Gasteiger partial charge in [-0.2, -0.15) is 0 Å². The van der Waals surface area contributed by atoms with Gasteiger partial charge in [0.25, 0.3) is 5.91 Å². The lowest BCUT2D eigenvalue weighted by Gasteiger charge is -2.33. The molecule has 0 aliphatic carbocycles. The Hall–Kier alpha value is -0.680. The van der Waals surface area contributed by atoms with E-state index < -0.39 is 5.54 Å². The maximum Gasteiger partial charge on any atom is 0.258 e. The molecule has 1 aromatic rings. The lowest BCUT2D eigenvalue weighted by molar-refractivity contribution is -0.125. The van der Waals surface area contributed by atoms with Gasteiger partial charge in [0.05, 0.1) is 15.6 Å². The molecule has 0 aliphatic heterocycles. The molecule has 1 unspecified atom stereocenters. The van der Waals surface area contributed by atoms with Crippen molar-refractivity contribution in [2.75, 3.05) is 13.2 Å². The Morgan fingerprint density at radius 3 is 2.48 bits per heavy atom. The van der Waals surface area contributed by atoms with Gasteiger partial charge < -0.3 is 15.8 Å². The van der Waals surface area contributed by atoms with Gasteiger partial charge in [0.15, 0.2) is 6.61 Å². The maximum absolute atomic E-state index is 11.9. The highest BCUT2D eigenvalue weighted by Crippen LogP contribution is 2.26. The highest BCUT2D eigenvalue weighted by molar-refractivity contribution is 6.42. The van der Waals surface area contributed by atoms with Crippen LogP contribution < -0.4 is 15.8 Å². The van der Waals surface area contributed by atoms with E-state index in [4.69, 9.17) is 33.7 Å². The minimum Gasteiger partial charge on any atom is -0.484 e. The third-order valence-corrected chi connectivity index (χ3v) is 4.12. The molecular formula is C14H21Cl3N2O2. The van der Waals surface area contributed by atoms with Crippen molar-refractivity contribution < 1.29 is 9.53 Å². The largest absolute Gasteiger partial charge is 0.484 e. The second kappa shape index (κ2) is 8.69. The van der Waals surface area contributed by atoms with E-state index in [-0.39, 0.29) is 30.8 Å². The van der Waals surface area contributed by atoms with Gasteiger partial charge in [0, 0.05) is 12.6 Å². The first-order chi connectivity index (χ1) is 9.28. The van der Waals surface area contributed by atoms with Gasteiger partial charge >= 0.3 is 0 Å². The number of benzene rings is 1. The van der Waals surface area contributed by atoms with Crippen molar-refractivity contribution in [3.8, 4) is 5.75 Å². The van der Waals surface area contributed by atoms with E-state index in [9.17, 15) is 4.79 Å². The SMILES string of the molecule is CC(C)C(C)(CN)NC(=O)COc1ccc(Cl)c(Cl)c1.Cl. The van der Waals surface area contributed by atoms with Crippen molar-refractivity contribution in [1.82, 2.24) is 5.32 Å². The molecule has 1 atom stereocenters. The van der Waals surface area contributed by atoms with Gasteiger partial charge in [-0.25, -0.2) is 0 Å². The number of amides is 1. The number of nitrogens with two attached hydrogens (primary N) is 1. The average molecular weight is 356 g/mol. The number of rotatable bonds is 6. The quantitative estimate of drug-likeness (QED) is 0.823. The Balaban J connectivity index is 0.00000400. The number of hydrogen-bond donors (Lipinski definition) is 2. The molecule has 0 saturated carbocycles. The van der Waals surface area contributed by atoms with Crippen molar-refractivity contribution >= 4 is 41.5 Å². The monoisotopic (exact) mass is 354 g/mol. The van der Waals surface area contributed by atoms with Crippen LogP contribution in [0.15, 0.2) is 18.2 Å². The average Bonchev–Trinajstić information content (AvgIpc) is 2.39. The number of carbonyl (C=O) groups excluding carboxylic acids is 1. The molecule has 7 heteroatoms. The fourth-order valence-electron chi connectivity index (χ4n) is 1.50. The maximum atomic E-state index is 11.9. The Kier molecular flexibility index (Phi) is 8.41. The summed E-state index contributed by atoms with van der Waals surface area (Å²) in [5.74, 6) is 0.493. The molecule has 0 spiro atoms. The molecule has 1 amide bonds. The first-order valence-corrected chi connectivity index (χ1v) is 7.13. The molecule has 1 rings (SSSR count). The second-order valence-corrected chi connectivity index (χ2v) is 6.00. The molecule has 0 aliphatic rings. The minimum atomic E-state index is -0.446. The first-order valence-electron chi connectivity index (χ1n) is 6.37. The molecule has 1 aromatic carbocycles. The predicted octanol–water partition coefficient (Wildman–Crippen LogP) is 3.28. The molecule has 0 radical (unpaired) electrons. The third kappa shape index (κ3) is 5.91. The molecule has 3 N–H and O–H groups in total. The van der Waals surface area contributed by atoms with Gasteiger partial charge in [-0.15, -0.1) is 12.4 Å². The van der Waals surface area contributed by atoms with Crippen LogP contribution in [0, 0.1) is 5.92 Å². The van der Waals surface area contributed by atoms with Crippen molar-refractivity contribution in [3.63, 3.8) is 0 Å². The summed E-state index contributed by atoms with van der Waals surface area (Å²) in [4.78, 5) is 11.9. The van der Waals surface area contributed by atoms with E-state index >= 15 is 0 Å². The molecular weight excluding hydrogens is 335 g/mol. The number of nitrogens with one attached hydrogen (secondary N) is 1. The summed E-state index contributed by atoms with van der Waals surface area (Å²) in [5, 5.41) is 3.72. The van der Waals surface area contributed by atoms with Crippen molar-refractivity contribution in [1.29, 1.82) is 0 Å². The van der Waals surface area contributed by atoms with Crippen molar-refractivity contribution in [2.45, 2.75) is 26.3 Å².